The van der Waals surface area contributed by atoms with Gasteiger partial charge in [-0.3, -0.25) is 0 Å². The van der Waals surface area contributed by atoms with E-state index >= 15 is 0 Å². The Morgan fingerprint density at radius 3 is 2.50 bits per heavy atom. The van der Waals surface area contributed by atoms with E-state index in [0.717, 1.165) is 25.1 Å². The Labute approximate surface area is 132 Å². The number of aromatic nitrogens is 1. The summed E-state index contributed by atoms with van der Waals surface area (Å²) in [6, 6.07) is 12.7. The molecule has 4 nitrogen and oxygen atoms in total. The summed E-state index contributed by atoms with van der Waals surface area (Å²) < 4.78 is 10.3. The molecule has 1 atom stereocenters. The molecule has 2 rings (SSSR count). The maximum Gasteiger partial charge on any atom is 0.213 e. The number of benzene rings is 1. The van der Waals surface area contributed by atoms with E-state index in [9.17, 15) is 0 Å². The van der Waals surface area contributed by atoms with Crippen molar-refractivity contribution >= 4 is 0 Å². The fourth-order valence-corrected chi connectivity index (χ4v) is 2.24. The second-order valence-electron chi connectivity index (χ2n) is 5.38. The van der Waals surface area contributed by atoms with Crippen LogP contribution in [0.25, 0.3) is 0 Å². The van der Waals surface area contributed by atoms with Gasteiger partial charge in [0.15, 0.2) is 0 Å². The van der Waals surface area contributed by atoms with Gasteiger partial charge >= 0.3 is 0 Å². The van der Waals surface area contributed by atoms with Gasteiger partial charge < -0.3 is 14.8 Å². The summed E-state index contributed by atoms with van der Waals surface area (Å²) in [5.74, 6) is 1.56. The van der Waals surface area contributed by atoms with Crippen molar-refractivity contribution in [3.05, 3.63) is 53.7 Å². The van der Waals surface area contributed by atoms with Gasteiger partial charge in [0.05, 0.1) is 14.2 Å². The lowest BCUT2D eigenvalue weighted by Crippen LogP contribution is -2.26. The molecule has 0 bridgehead atoms. The molecule has 0 saturated heterocycles. The molecule has 4 heteroatoms. The van der Waals surface area contributed by atoms with Crippen LogP contribution < -0.4 is 14.8 Å². The van der Waals surface area contributed by atoms with Crippen molar-refractivity contribution in [2.24, 2.45) is 0 Å². The second-order valence-corrected chi connectivity index (χ2v) is 5.38. The number of nitrogens with zero attached hydrogens (tertiary/aromatic N) is 1. The fourth-order valence-electron chi connectivity index (χ4n) is 2.24. The molecule has 0 radical (unpaired) electrons. The Kier molecular flexibility index (Phi) is 6.22. The SMILES string of the molecule is COc1ccc(CCC(C)NCc2ccnc(OC)c2)cc1. The van der Waals surface area contributed by atoms with Gasteiger partial charge in [0.25, 0.3) is 0 Å². The highest BCUT2D eigenvalue weighted by Gasteiger charge is 2.04. The van der Waals surface area contributed by atoms with Crippen LogP contribution in [0, 0.1) is 0 Å². The molecule has 0 saturated carbocycles. The highest BCUT2D eigenvalue weighted by Crippen LogP contribution is 2.13. The number of hydrogen-bond acceptors (Lipinski definition) is 4. The summed E-state index contributed by atoms with van der Waals surface area (Å²) in [7, 11) is 3.33. The standard InChI is InChI=1S/C18H24N2O2/c1-14(4-5-15-6-8-17(21-2)9-7-15)20-13-16-10-11-19-18(12-16)22-3/h6-12,14,20H,4-5,13H2,1-3H3. The zero-order chi connectivity index (χ0) is 15.8. The highest BCUT2D eigenvalue weighted by molar-refractivity contribution is 5.27. The van der Waals surface area contributed by atoms with Gasteiger partial charge in [-0.25, -0.2) is 4.98 Å². The minimum Gasteiger partial charge on any atom is -0.497 e. The summed E-state index contributed by atoms with van der Waals surface area (Å²) in [6.07, 6.45) is 3.92. The molecule has 0 aliphatic rings. The first-order valence-electron chi connectivity index (χ1n) is 7.56. The van der Waals surface area contributed by atoms with Gasteiger partial charge in [-0.2, -0.15) is 0 Å². The van der Waals surface area contributed by atoms with Crippen LogP contribution in [-0.4, -0.2) is 25.2 Å². The zero-order valence-electron chi connectivity index (χ0n) is 13.5. The van der Waals surface area contributed by atoms with E-state index in [1.165, 1.54) is 11.1 Å². The van der Waals surface area contributed by atoms with Gasteiger partial charge in [-0.05, 0) is 49.1 Å². The fraction of sp³-hybridized carbons (Fsp3) is 0.389. The monoisotopic (exact) mass is 300 g/mol. The van der Waals surface area contributed by atoms with Gasteiger partial charge in [-0.1, -0.05) is 12.1 Å². The van der Waals surface area contributed by atoms with Crippen LogP contribution in [0.3, 0.4) is 0 Å². The molecular weight excluding hydrogens is 276 g/mol. The maximum atomic E-state index is 5.17. The summed E-state index contributed by atoms with van der Waals surface area (Å²) in [6.45, 7) is 3.03. The van der Waals surface area contributed by atoms with Gasteiger partial charge in [0.1, 0.15) is 5.75 Å². The van der Waals surface area contributed by atoms with Crippen molar-refractivity contribution in [3.8, 4) is 11.6 Å². The molecule has 2 aromatic rings. The van der Waals surface area contributed by atoms with Crippen LogP contribution in [0.2, 0.25) is 0 Å². The van der Waals surface area contributed by atoms with Crippen LogP contribution in [-0.2, 0) is 13.0 Å². The van der Waals surface area contributed by atoms with Crippen molar-refractivity contribution in [2.75, 3.05) is 14.2 Å². The molecule has 0 spiro atoms. The van der Waals surface area contributed by atoms with Crippen molar-refractivity contribution < 1.29 is 9.47 Å². The van der Waals surface area contributed by atoms with E-state index in [-0.39, 0.29) is 0 Å². The van der Waals surface area contributed by atoms with Crippen molar-refractivity contribution in [3.63, 3.8) is 0 Å². The molecule has 0 fully saturated rings. The van der Waals surface area contributed by atoms with Crippen LogP contribution in [0.5, 0.6) is 11.6 Å². The number of methoxy groups -OCH3 is 2. The molecule has 0 aliphatic heterocycles. The van der Waals surface area contributed by atoms with Crippen LogP contribution >= 0.6 is 0 Å². The summed E-state index contributed by atoms with van der Waals surface area (Å²) >= 11 is 0. The average Bonchev–Trinajstić information content (AvgIpc) is 2.58. The summed E-state index contributed by atoms with van der Waals surface area (Å²) in [4.78, 5) is 4.11. The van der Waals surface area contributed by atoms with Gasteiger partial charge in [-0.15, -0.1) is 0 Å². The summed E-state index contributed by atoms with van der Waals surface area (Å²) in [5, 5.41) is 3.53. The normalized spacial score (nSPS) is 12.0. The predicted octanol–water partition coefficient (Wildman–Crippen LogP) is 3.21. The number of pyridine rings is 1. The third-order valence-corrected chi connectivity index (χ3v) is 3.69. The van der Waals surface area contributed by atoms with E-state index < -0.39 is 0 Å². The van der Waals surface area contributed by atoms with Crippen LogP contribution in [0.4, 0.5) is 0 Å². The van der Waals surface area contributed by atoms with Crippen molar-refractivity contribution in [1.82, 2.24) is 10.3 Å². The minimum atomic E-state index is 0.446. The number of hydrogen-bond donors (Lipinski definition) is 1. The lowest BCUT2D eigenvalue weighted by atomic mass is 10.1. The molecule has 0 amide bonds. The Morgan fingerprint density at radius 2 is 1.82 bits per heavy atom. The molecule has 22 heavy (non-hydrogen) atoms. The second kappa shape index (κ2) is 8.39. The Bertz CT molecular complexity index is 570. The van der Waals surface area contributed by atoms with E-state index in [1.54, 1.807) is 20.4 Å². The first-order chi connectivity index (χ1) is 10.7. The molecule has 1 N–H and O–H groups in total. The average molecular weight is 300 g/mol. The molecule has 1 heterocycles. The maximum absolute atomic E-state index is 5.17. The molecule has 0 aliphatic carbocycles. The minimum absolute atomic E-state index is 0.446. The molecule has 1 unspecified atom stereocenters. The Hall–Kier alpha value is -2.07. The third kappa shape index (κ3) is 5.04. The quantitative estimate of drug-likeness (QED) is 0.813. The first kappa shape index (κ1) is 16.3. The number of nitrogens with one attached hydrogen (secondary N) is 1. The van der Waals surface area contributed by atoms with E-state index in [2.05, 4.69) is 29.4 Å². The summed E-state index contributed by atoms with van der Waals surface area (Å²) in [5.41, 5.74) is 2.52. The first-order valence-corrected chi connectivity index (χ1v) is 7.56. The Morgan fingerprint density at radius 1 is 1.05 bits per heavy atom. The van der Waals surface area contributed by atoms with E-state index in [1.807, 2.05) is 24.3 Å². The molecule has 1 aromatic carbocycles. The lowest BCUT2D eigenvalue weighted by molar-refractivity contribution is 0.396. The lowest BCUT2D eigenvalue weighted by Gasteiger charge is -2.14. The van der Waals surface area contributed by atoms with Crippen LogP contribution in [0.15, 0.2) is 42.6 Å². The number of ether oxygens (including phenoxy) is 2. The molecule has 118 valence electrons. The number of aryl methyl sites for hydroxylation is 1. The van der Waals surface area contributed by atoms with Crippen molar-refractivity contribution in [1.29, 1.82) is 0 Å². The molecular formula is C18H24N2O2. The van der Waals surface area contributed by atoms with Crippen molar-refractivity contribution in [2.45, 2.75) is 32.4 Å². The van der Waals surface area contributed by atoms with Gasteiger partial charge in [0, 0.05) is 24.8 Å². The number of rotatable bonds is 8. The topological polar surface area (TPSA) is 43.4 Å². The Balaban J connectivity index is 1.76. The predicted molar refractivity (Wildman–Crippen MR) is 88.4 cm³/mol. The van der Waals surface area contributed by atoms with Crippen LogP contribution in [0.1, 0.15) is 24.5 Å². The largest absolute Gasteiger partial charge is 0.497 e. The smallest absolute Gasteiger partial charge is 0.213 e. The third-order valence-electron chi connectivity index (χ3n) is 3.69. The molecule has 1 aromatic heterocycles. The van der Waals surface area contributed by atoms with E-state index in [0.29, 0.717) is 11.9 Å². The van der Waals surface area contributed by atoms with E-state index in [4.69, 9.17) is 9.47 Å². The zero-order valence-corrected chi connectivity index (χ0v) is 13.5. The van der Waals surface area contributed by atoms with Gasteiger partial charge in [0.2, 0.25) is 5.88 Å². The highest BCUT2D eigenvalue weighted by atomic mass is 16.5.